The Labute approximate surface area is 395 Å². The van der Waals surface area contributed by atoms with E-state index in [2.05, 4.69) is 10.6 Å². The van der Waals surface area contributed by atoms with Gasteiger partial charge in [-0.25, -0.2) is 9.59 Å². The van der Waals surface area contributed by atoms with E-state index in [4.69, 9.17) is 41.3 Å². The SMILES string of the molecule is CSC[C@H](NC(=O)[C@H](CC(=O)O)CC(=O)[C@@H](N)CCC(=O)CCOCCOCCOCCOCCCC(=S)Nc1ccc(-c2c3ccc(=O)cc-3oc3cc(O)ccc23)c(C(=O)O)c1)C(=O)O. The van der Waals surface area contributed by atoms with E-state index in [0.29, 0.717) is 78.6 Å². The lowest BCUT2D eigenvalue weighted by molar-refractivity contribution is -0.144. The first-order chi connectivity index (χ1) is 32.1. The summed E-state index contributed by atoms with van der Waals surface area (Å²) in [4.78, 5) is 85.4. The Bertz CT molecular complexity index is 2390. The average molecular weight is 970 g/mol. The van der Waals surface area contributed by atoms with Crippen molar-refractivity contribution in [2.24, 2.45) is 11.7 Å². The first-order valence-corrected chi connectivity index (χ1v) is 23.1. The van der Waals surface area contributed by atoms with Crippen LogP contribution in [0.5, 0.6) is 5.75 Å². The second kappa shape index (κ2) is 27.7. The van der Waals surface area contributed by atoms with Crippen LogP contribution in [0.2, 0.25) is 0 Å². The van der Waals surface area contributed by atoms with E-state index >= 15 is 0 Å². The zero-order valence-electron chi connectivity index (χ0n) is 36.8. The molecule has 1 amide bonds. The summed E-state index contributed by atoms with van der Waals surface area (Å²) >= 11 is 6.68. The Morgan fingerprint density at radius 1 is 0.791 bits per heavy atom. The molecule has 2 aromatic carbocycles. The molecule has 0 saturated heterocycles. The molecule has 362 valence electrons. The maximum atomic E-state index is 12.7. The van der Waals surface area contributed by atoms with Gasteiger partial charge in [0.15, 0.2) is 5.43 Å². The van der Waals surface area contributed by atoms with Gasteiger partial charge in [-0.05, 0) is 61.1 Å². The number of rotatable bonds is 32. The van der Waals surface area contributed by atoms with Gasteiger partial charge in [-0.15, -0.1) is 0 Å². The fraction of sp³-hybridized carbons (Fsp3) is 0.435. The number of anilines is 1. The summed E-state index contributed by atoms with van der Waals surface area (Å²) in [6.07, 6.45) is 1.58. The van der Waals surface area contributed by atoms with Crippen LogP contribution in [0.15, 0.2) is 63.8 Å². The lowest BCUT2D eigenvalue weighted by atomic mass is 9.90. The minimum atomic E-state index is -1.34. The molecule has 1 aliphatic carbocycles. The molecule has 19 nitrogen and oxygen atoms in total. The molecule has 0 radical (unpaired) electrons. The van der Waals surface area contributed by atoms with Crippen molar-refractivity contribution in [3.8, 4) is 28.2 Å². The number of carboxylic acids is 3. The van der Waals surface area contributed by atoms with E-state index in [9.17, 15) is 54.0 Å². The van der Waals surface area contributed by atoms with Crippen molar-refractivity contribution >= 4 is 81.0 Å². The van der Waals surface area contributed by atoms with E-state index in [-0.39, 0.29) is 78.7 Å². The molecule has 21 heteroatoms. The summed E-state index contributed by atoms with van der Waals surface area (Å²) in [5.41, 5.74) is 7.90. The first kappa shape index (κ1) is 53.8. The summed E-state index contributed by atoms with van der Waals surface area (Å²) < 4.78 is 28.0. The molecule has 2 aliphatic rings. The van der Waals surface area contributed by atoms with E-state index in [0.717, 1.165) is 0 Å². The van der Waals surface area contributed by atoms with Crippen LogP contribution in [0.25, 0.3) is 33.4 Å². The number of carbonyl (C=O) groups is 6. The van der Waals surface area contributed by atoms with Crippen molar-refractivity contribution in [3.63, 3.8) is 0 Å². The summed E-state index contributed by atoms with van der Waals surface area (Å²) in [6.45, 7) is 2.38. The molecular formula is C46H55N3O16S2. The number of phenolic OH excluding ortho intramolecular Hbond substituents is 1. The molecule has 0 bridgehead atoms. The van der Waals surface area contributed by atoms with Gasteiger partial charge in [0.2, 0.25) is 5.91 Å². The van der Waals surface area contributed by atoms with Gasteiger partial charge in [-0.2, -0.15) is 11.8 Å². The van der Waals surface area contributed by atoms with E-state index < -0.39 is 60.4 Å². The topological polar surface area (TPSA) is 301 Å². The second-order valence-electron chi connectivity index (χ2n) is 15.2. The van der Waals surface area contributed by atoms with Crippen LogP contribution in [0.3, 0.4) is 0 Å². The number of amides is 1. The number of carboxylic acid groups (broad SMARTS) is 3. The largest absolute Gasteiger partial charge is 0.508 e. The van der Waals surface area contributed by atoms with Gasteiger partial charge < -0.3 is 60.2 Å². The quantitative estimate of drug-likeness (QED) is 0.0200. The number of ketones is 2. The lowest BCUT2D eigenvalue weighted by Crippen LogP contribution is -2.46. The van der Waals surface area contributed by atoms with Crippen molar-refractivity contribution in [2.75, 3.05) is 70.2 Å². The number of Topliss-reactive ketones (excluding diaryl/α,β-unsaturated/α-hetero) is 2. The van der Waals surface area contributed by atoms with Crippen LogP contribution in [0.4, 0.5) is 5.69 Å². The standard InChI is InChI=1S/C46H55N3O16S2/c1-67-26-37(46(59)60)49-44(56)27(22-42(54)55)21-38(53)36(47)11-7-29(50)12-14-62-16-18-64-20-19-63-17-15-61-13-2-3-41(66)48-28-4-8-32(35(23-28)45(57)58)43-33-9-5-30(51)24-39(33)65-40-25-31(52)6-10-34(40)43/h4-6,8-10,23-25,27,36-37,51H,2-3,7,11-22,26,47H2,1H3,(H,48,66)(H,49,56)(H,54,55)(H,57,58)(H,59,60)/t27-,36-,37-/m0/s1. The molecule has 2 aromatic rings. The number of aromatic carboxylic acids is 1. The zero-order chi connectivity index (χ0) is 48.9. The number of thiocarbonyl (C=S) groups is 1. The molecule has 1 aliphatic heterocycles. The van der Waals surface area contributed by atoms with Crippen LogP contribution < -0.4 is 21.8 Å². The predicted molar refractivity (Wildman–Crippen MR) is 252 cm³/mol. The van der Waals surface area contributed by atoms with Crippen molar-refractivity contribution in [1.29, 1.82) is 0 Å². The number of phenols is 1. The van der Waals surface area contributed by atoms with Crippen molar-refractivity contribution in [2.45, 2.75) is 57.0 Å². The first-order valence-electron chi connectivity index (χ1n) is 21.3. The average Bonchev–Trinajstić information content (AvgIpc) is 3.27. The van der Waals surface area contributed by atoms with Crippen LogP contribution in [-0.4, -0.2) is 138 Å². The molecule has 0 aromatic heterocycles. The number of nitrogens with two attached hydrogens (primary N) is 1. The minimum absolute atomic E-state index is 0.00140. The fourth-order valence-corrected chi connectivity index (χ4v) is 7.59. The van der Waals surface area contributed by atoms with Crippen molar-refractivity contribution < 1.29 is 72.6 Å². The van der Waals surface area contributed by atoms with Gasteiger partial charge in [-0.3, -0.25) is 24.0 Å². The number of aromatic hydroxyl groups is 1. The molecule has 3 atom stereocenters. The van der Waals surface area contributed by atoms with Gasteiger partial charge >= 0.3 is 17.9 Å². The molecule has 0 fully saturated rings. The number of benzene rings is 3. The van der Waals surface area contributed by atoms with Crippen molar-refractivity contribution in [3.05, 3.63) is 70.4 Å². The van der Waals surface area contributed by atoms with Crippen LogP contribution >= 0.6 is 24.0 Å². The van der Waals surface area contributed by atoms with Crippen LogP contribution in [0, 0.1) is 5.92 Å². The number of nitrogens with one attached hydrogen (secondary N) is 2. The van der Waals surface area contributed by atoms with E-state index in [1.54, 1.807) is 30.5 Å². The number of ether oxygens (including phenoxy) is 4. The normalized spacial score (nSPS) is 12.6. The fourth-order valence-electron chi connectivity index (χ4n) is 6.77. The number of carbonyl (C=O) groups excluding carboxylic acids is 3. The molecule has 67 heavy (non-hydrogen) atoms. The van der Waals surface area contributed by atoms with Crippen LogP contribution in [0.1, 0.15) is 55.3 Å². The number of aliphatic carboxylic acids is 2. The molecule has 1 heterocycles. The Morgan fingerprint density at radius 2 is 1.45 bits per heavy atom. The summed E-state index contributed by atoms with van der Waals surface area (Å²) in [5.74, 6) is -6.53. The predicted octanol–water partition coefficient (Wildman–Crippen LogP) is 4.60. The van der Waals surface area contributed by atoms with E-state index in [1.807, 2.05) is 0 Å². The third-order valence-corrected chi connectivity index (χ3v) is 11.1. The molecule has 4 rings (SSSR count). The summed E-state index contributed by atoms with van der Waals surface area (Å²) in [5, 5.41) is 44.7. The molecule has 8 N–H and O–H groups in total. The smallest absolute Gasteiger partial charge is 0.336 e. The Hall–Kier alpha value is -5.81. The van der Waals surface area contributed by atoms with Gasteiger partial charge in [0.1, 0.15) is 34.7 Å². The highest BCUT2D eigenvalue weighted by Gasteiger charge is 2.30. The zero-order valence-corrected chi connectivity index (χ0v) is 38.5. The Morgan fingerprint density at radius 3 is 2.09 bits per heavy atom. The second-order valence-corrected chi connectivity index (χ2v) is 16.6. The summed E-state index contributed by atoms with van der Waals surface area (Å²) in [7, 11) is 0. The van der Waals surface area contributed by atoms with Gasteiger partial charge in [0.05, 0.1) is 75.2 Å². The van der Waals surface area contributed by atoms with Crippen LogP contribution in [-0.2, 0) is 42.9 Å². The third kappa shape index (κ3) is 17.7. The lowest BCUT2D eigenvalue weighted by Gasteiger charge is -2.20. The number of hydrogen-bond donors (Lipinski definition) is 7. The van der Waals surface area contributed by atoms with E-state index in [1.165, 1.54) is 42.1 Å². The van der Waals surface area contributed by atoms with Gasteiger partial charge in [0.25, 0.3) is 0 Å². The third-order valence-electron chi connectivity index (χ3n) is 10.1. The van der Waals surface area contributed by atoms with Gasteiger partial charge in [-0.1, -0.05) is 18.3 Å². The number of fused-ring (bicyclic) bond motifs is 2. The number of thioether (sulfide) groups is 1. The van der Waals surface area contributed by atoms with Crippen molar-refractivity contribution in [1.82, 2.24) is 5.32 Å². The highest BCUT2D eigenvalue weighted by molar-refractivity contribution is 7.98. The highest BCUT2D eigenvalue weighted by Crippen LogP contribution is 2.42. The maximum Gasteiger partial charge on any atom is 0.336 e. The van der Waals surface area contributed by atoms with Gasteiger partial charge in [0, 0.05) is 72.4 Å². The Kier molecular flexibility index (Phi) is 22.3. The minimum Gasteiger partial charge on any atom is -0.508 e. The molecule has 0 saturated carbocycles. The molecule has 0 unspecified atom stereocenters. The molecule has 0 spiro atoms. The Balaban J connectivity index is 1.04. The monoisotopic (exact) mass is 969 g/mol. The maximum absolute atomic E-state index is 12.7. The summed E-state index contributed by atoms with van der Waals surface area (Å²) in [6, 6.07) is 11.3. The molecular weight excluding hydrogens is 915 g/mol. The highest BCUT2D eigenvalue weighted by atomic mass is 32.2. The number of hydrogen-bond acceptors (Lipinski definition) is 16.